The number of nitrogens with zero attached hydrogens (tertiary/aromatic N) is 3. The molecule has 0 saturated carbocycles. The lowest BCUT2D eigenvalue weighted by molar-refractivity contribution is 0.102. The minimum Gasteiger partial charge on any atom is -0.493 e. The van der Waals surface area contributed by atoms with Gasteiger partial charge in [0.25, 0.3) is 5.91 Å². The summed E-state index contributed by atoms with van der Waals surface area (Å²) in [7, 11) is 2.99. The molecule has 0 spiro atoms. The summed E-state index contributed by atoms with van der Waals surface area (Å²) in [5, 5.41) is 5.37. The molecule has 31 heavy (non-hydrogen) atoms. The molecule has 0 unspecified atom stereocenters. The van der Waals surface area contributed by atoms with Crippen LogP contribution in [-0.4, -0.2) is 34.7 Å². The molecule has 2 heterocycles. The van der Waals surface area contributed by atoms with Crippen molar-refractivity contribution in [3.63, 3.8) is 0 Å². The predicted molar refractivity (Wildman–Crippen MR) is 117 cm³/mol. The fourth-order valence-electron chi connectivity index (χ4n) is 3.14. The molecule has 4 aromatic rings. The van der Waals surface area contributed by atoms with Crippen molar-refractivity contribution >= 4 is 23.1 Å². The number of rotatable bonds is 6. The van der Waals surface area contributed by atoms with Gasteiger partial charge in [-0.2, -0.15) is 0 Å². The fourth-order valence-corrected chi connectivity index (χ4v) is 4.04. The molecule has 2 aromatic heterocycles. The Morgan fingerprint density at radius 3 is 2.61 bits per heavy atom. The number of amides is 1. The van der Waals surface area contributed by atoms with Crippen molar-refractivity contribution < 1.29 is 18.7 Å². The number of nitrogens with one attached hydrogen (secondary N) is 1. The predicted octanol–water partition coefficient (Wildman–Crippen LogP) is 4.71. The number of para-hydroxylation sites is 1. The highest BCUT2D eigenvalue weighted by Crippen LogP contribution is 2.32. The van der Waals surface area contributed by atoms with Crippen molar-refractivity contribution in [2.75, 3.05) is 19.5 Å². The van der Waals surface area contributed by atoms with Gasteiger partial charge in [-0.25, -0.2) is 14.4 Å². The number of carbonyl (C=O) groups is 1. The molecule has 0 aliphatic rings. The first-order valence-corrected chi connectivity index (χ1v) is 10.2. The summed E-state index contributed by atoms with van der Waals surface area (Å²) in [4.78, 5) is 21.9. The maximum absolute atomic E-state index is 13.2. The van der Waals surface area contributed by atoms with Gasteiger partial charge in [0, 0.05) is 10.9 Å². The van der Waals surface area contributed by atoms with E-state index in [1.165, 1.54) is 37.7 Å². The lowest BCUT2D eigenvalue weighted by Gasteiger charge is -2.13. The molecule has 0 aliphatic carbocycles. The monoisotopic (exact) mass is 438 g/mol. The number of ether oxygens (including phenoxy) is 2. The zero-order valence-corrected chi connectivity index (χ0v) is 17.9. The molecule has 1 N–H and O–H groups in total. The van der Waals surface area contributed by atoms with Crippen molar-refractivity contribution in [3.8, 4) is 27.9 Å². The first-order valence-electron chi connectivity index (χ1n) is 9.30. The Hall–Kier alpha value is -3.72. The van der Waals surface area contributed by atoms with Gasteiger partial charge in [-0.3, -0.25) is 9.36 Å². The fraction of sp³-hybridized carbons (Fsp3) is 0.136. The minimum atomic E-state index is -0.368. The van der Waals surface area contributed by atoms with E-state index in [4.69, 9.17) is 9.47 Å². The number of anilines is 1. The average molecular weight is 438 g/mol. The first-order chi connectivity index (χ1) is 15.0. The van der Waals surface area contributed by atoms with Crippen LogP contribution in [0.3, 0.4) is 0 Å². The molecule has 0 aliphatic heterocycles. The number of aryl methyl sites for hydroxylation is 1. The van der Waals surface area contributed by atoms with Crippen molar-refractivity contribution in [2.24, 2.45) is 0 Å². The van der Waals surface area contributed by atoms with Crippen LogP contribution < -0.4 is 14.8 Å². The highest BCUT2D eigenvalue weighted by molar-refractivity contribution is 7.12. The van der Waals surface area contributed by atoms with E-state index in [1.54, 1.807) is 41.1 Å². The number of thiazole rings is 1. The van der Waals surface area contributed by atoms with Gasteiger partial charge in [0.2, 0.25) is 0 Å². The molecule has 9 heteroatoms. The highest BCUT2D eigenvalue weighted by Gasteiger charge is 2.20. The van der Waals surface area contributed by atoms with E-state index in [0.717, 1.165) is 5.56 Å². The minimum absolute atomic E-state index is 0.303. The molecule has 0 fully saturated rings. The number of aromatic nitrogens is 3. The summed E-state index contributed by atoms with van der Waals surface area (Å²) < 4.78 is 25.6. The van der Waals surface area contributed by atoms with Crippen molar-refractivity contribution in [3.05, 3.63) is 71.2 Å². The van der Waals surface area contributed by atoms with E-state index in [9.17, 15) is 9.18 Å². The summed E-state index contributed by atoms with van der Waals surface area (Å²) in [6.07, 6.45) is 1.57. The van der Waals surface area contributed by atoms with E-state index in [2.05, 4.69) is 15.3 Å². The number of carbonyl (C=O) groups excluding carboxylic acids is 1. The third-order valence-electron chi connectivity index (χ3n) is 4.65. The summed E-state index contributed by atoms with van der Waals surface area (Å²) in [6, 6.07) is 11.2. The van der Waals surface area contributed by atoms with Crippen LogP contribution in [-0.2, 0) is 0 Å². The Kier molecular flexibility index (Phi) is 5.68. The van der Waals surface area contributed by atoms with Gasteiger partial charge >= 0.3 is 0 Å². The second-order valence-electron chi connectivity index (χ2n) is 6.54. The number of hydrogen-bond acceptors (Lipinski definition) is 6. The molecule has 2 aromatic carbocycles. The van der Waals surface area contributed by atoms with Gasteiger partial charge in [0.15, 0.2) is 16.6 Å². The maximum Gasteiger partial charge on any atom is 0.260 e. The van der Waals surface area contributed by atoms with Crippen LogP contribution in [0.4, 0.5) is 10.2 Å². The van der Waals surface area contributed by atoms with E-state index in [-0.39, 0.29) is 11.7 Å². The number of methoxy groups -OCH3 is 2. The quantitative estimate of drug-likeness (QED) is 0.472. The van der Waals surface area contributed by atoms with E-state index < -0.39 is 0 Å². The third-order valence-corrected chi connectivity index (χ3v) is 5.48. The molecule has 0 atom stereocenters. The van der Waals surface area contributed by atoms with Crippen molar-refractivity contribution in [2.45, 2.75) is 6.92 Å². The molecule has 4 rings (SSSR count). The van der Waals surface area contributed by atoms with Crippen LogP contribution in [0.1, 0.15) is 16.2 Å². The van der Waals surface area contributed by atoms with E-state index >= 15 is 0 Å². The van der Waals surface area contributed by atoms with Gasteiger partial charge in [0.05, 0.1) is 31.7 Å². The highest BCUT2D eigenvalue weighted by atomic mass is 32.1. The lowest BCUT2D eigenvalue weighted by atomic mass is 10.1. The molecule has 7 nitrogen and oxygen atoms in total. The Morgan fingerprint density at radius 2 is 1.90 bits per heavy atom. The third kappa shape index (κ3) is 3.99. The van der Waals surface area contributed by atoms with Gasteiger partial charge in [0.1, 0.15) is 17.5 Å². The Bertz CT molecular complexity index is 1230. The second kappa shape index (κ2) is 8.57. The molecule has 0 bridgehead atoms. The smallest absolute Gasteiger partial charge is 0.260 e. The van der Waals surface area contributed by atoms with E-state index in [1.807, 2.05) is 12.3 Å². The molecule has 158 valence electrons. The summed E-state index contributed by atoms with van der Waals surface area (Å²) in [5.41, 5.74) is 1.84. The molecule has 1 amide bonds. The van der Waals surface area contributed by atoms with Crippen LogP contribution in [0.5, 0.6) is 11.5 Å². The molecular formula is C22H19FN4O3S. The van der Waals surface area contributed by atoms with Crippen molar-refractivity contribution in [1.82, 2.24) is 14.5 Å². The van der Waals surface area contributed by atoms with Crippen LogP contribution in [0.25, 0.3) is 16.4 Å². The average Bonchev–Trinajstić information content (AvgIpc) is 3.40. The Morgan fingerprint density at radius 1 is 1.13 bits per heavy atom. The number of halogens is 1. The van der Waals surface area contributed by atoms with Crippen molar-refractivity contribution in [1.29, 1.82) is 0 Å². The number of hydrogen-bond donors (Lipinski definition) is 1. The van der Waals surface area contributed by atoms with E-state index in [0.29, 0.717) is 39.5 Å². The van der Waals surface area contributed by atoms with Crippen LogP contribution in [0.2, 0.25) is 0 Å². The largest absolute Gasteiger partial charge is 0.493 e. The topological polar surface area (TPSA) is 78.3 Å². The zero-order chi connectivity index (χ0) is 22.0. The molecule has 0 saturated heterocycles. The maximum atomic E-state index is 13.2. The van der Waals surface area contributed by atoms with Crippen LogP contribution in [0, 0.1) is 12.7 Å². The van der Waals surface area contributed by atoms with Gasteiger partial charge < -0.3 is 14.8 Å². The van der Waals surface area contributed by atoms with Crippen LogP contribution >= 0.6 is 11.3 Å². The van der Waals surface area contributed by atoms with Gasteiger partial charge in [-0.15, -0.1) is 11.3 Å². The summed E-state index contributed by atoms with van der Waals surface area (Å²) in [6.45, 7) is 1.82. The summed E-state index contributed by atoms with van der Waals surface area (Å²) >= 11 is 1.39. The SMILES string of the molecule is COc1cccc(C(=O)Nc2cnc(C)n2-c2nc(-c3ccc(F)cc3)cs2)c1OC. The number of benzene rings is 2. The number of imidazole rings is 1. The standard InChI is InChI=1S/C22H19FN4O3S/c1-13-24-11-19(26-21(28)16-5-4-6-18(29-2)20(16)30-3)27(13)22-25-17(12-31-22)14-7-9-15(23)10-8-14/h4-12H,1-3H3,(H,26,28). The zero-order valence-electron chi connectivity index (χ0n) is 17.0. The normalized spacial score (nSPS) is 10.7. The second-order valence-corrected chi connectivity index (χ2v) is 7.38. The van der Waals surface area contributed by atoms with Crippen LogP contribution in [0.15, 0.2) is 54.0 Å². The van der Waals surface area contributed by atoms with Gasteiger partial charge in [-0.05, 0) is 43.3 Å². The summed E-state index contributed by atoms with van der Waals surface area (Å²) in [5.74, 6) is 1.26. The first kappa shape index (κ1) is 20.5. The molecular weight excluding hydrogens is 419 g/mol. The van der Waals surface area contributed by atoms with Gasteiger partial charge in [-0.1, -0.05) is 6.07 Å². The Balaban J connectivity index is 1.65. The lowest BCUT2D eigenvalue weighted by Crippen LogP contribution is -2.16. The Labute approximate surface area is 182 Å². The molecule has 0 radical (unpaired) electrons.